The number of esters is 2. The molecule has 2 bridgehead atoms. The molecule has 4 fully saturated rings. The van der Waals surface area contributed by atoms with Crippen LogP contribution >= 0.6 is 0 Å². The Labute approximate surface area is 344 Å². The monoisotopic (exact) mass is 836 g/mol. The van der Waals surface area contributed by atoms with Crippen LogP contribution in [-0.2, 0) is 41.8 Å². The predicted octanol–water partition coefficient (Wildman–Crippen LogP) is 5.59. The fraction of sp³-hybridized carbons (Fsp3) is 0.512. The van der Waals surface area contributed by atoms with Gasteiger partial charge in [-0.25, -0.2) is 19.4 Å². The Hall–Kier alpha value is -5.43. The van der Waals surface area contributed by atoms with Crippen LogP contribution in [-0.4, -0.2) is 72.4 Å². The molecule has 3 aliphatic carbocycles. The Morgan fingerprint density at radius 2 is 1.70 bits per heavy atom. The minimum atomic E-state index is -4.57. The zero-order chi connectivity index (χ0) is 43.5. The lowest BCUT2D eigenvalue weighted by Gasteiger charge is -2.64. The van der Waals surface area contributed by atoms with Gasteiger partial charge in [0.05, 0.1) is 60.3 Å². The highest BCUT2D eigenvalue weighted by atomic mass is 19.4. The van der Waals surface area contributed by atoms with E-state index in [-0.39, 0.29) is 64.3 Å². The first kappa shape index (κ1) is 42.7. The van der Waals surface area contributed by atoms with Gasteiger partial charge in [-0.2, -0.15) is 13.2 Å². The van der Waals surface area contributed by atoms with Gasteiger partial charge >= 0.3 is 31.3 Å². The maximum Gasteiger partial charge on any atom is 0.481 e. The van der Waals surface area contributed by atoms with Gasteiger partial charge in [-0.05, 0) is 86.3 Å². The number of rotatable bonds is 11. The van der Waals surface area contributed by atoms with E-state index in [9.17, 15) is 37.1 Å². The predicted molar refractivity (Wildman–Crippen MR) is 212 cm³/mol. The molecule has 3 aromatic rings. The molecule has 60 heavy (non-hydrogen) atoms. The minimum Gasteiger partial charge on any atom is -0.465 e. The summed E-state index contributed by atoms with van der Waals surface area (Å²) in [5, 5.41) is 11.3. The third kappa shape index (κ3) is 7.61. The highest BCUT2D eigenvalue weighted by Crippen LogP contribution is 2.65. The maximum atomic E-state index is 14.4. The first-order chi connectivity index (χ1) is 28.2. The Morgan fingerprint density at radius 3 is 2.32 bits per heavy atom. The number of urea groups is 1. The van der Waals surface area contributed by atoms with Crippen LogP contribution in [0.15, 0.2) is 53.5 Å². The standard InChI is InChI=1S/C41H48BF3N6O9/c1-8-31(42-59-30-17-25-16-29(38(25,2)3)40(30,5)60-42)49-32(52)28-18-39(4,50-37(56)48-26-14-22(34(54)57-6)13-23(15-26)35(55)58-7)36-47-20-27(33(53)51(28)36)46-19-21-10-9-11-24(12-21)41(43,44)45/h9-15,20,25,28-31,46H,8,16-19H2,1-7H3,(H,49,52)(H2,48,50,56)/t25-,28-,29-,30+,31-,39+,40-/m0/s1. The number of carbonyl (C=O) groups is 4. The highest BCUT2D eigenvalue weighted by molar-refractivity contribution is 6.47. The summed E-state index contributed by atoms with van der Waals surface area (Å²) in [6.07, 6.45) is -1.34. The number of fused-ring (bicyclic) bond motifs is 1. The fourth-order valence-electron chi connectivity index (χ4n) is 9.53. The maximum absolute atomic E-state index is 14.4. The Bertz CT molecular complexity index is 2260. The normalized spacial score (nSPS) is 26.5. The van der Waals surface area contributed by atoms with E-state index in [1.165, 1.54) is 41.1 Å². The molecule has 7 atom stereocenters. The van der Waals surface area contributed by atoms with Crippen LogP contribution in [0.2, 0.25) is 0 Å². The second-order valence-electron chi connectivity index (χ2n) is 17.0. The number of hydrogen-bond donors (Lipinski definition) is 4. The lowest BCUT2D eigenvalue weighted by atomic mass is 9.43. The zero-order valence-electron chi connectivity index (χ0n) is 34.3. The molecule has 0 unspecified atom stereocenters. The number of benzene rings is 2. The van der Waals surface area contributed by atoms with E-state index < -0.39 is 71.4 Å². The molecule has 2 aromatic carbocycles. The van der Waals surface area contributed by atoms with E-state index in [1.807, 2.05) is 6.92 Å². The third-order valence-corrected chi connectivity index (χ3v) is 12.9. The van der Waals surface area contributed by atoms with E-state index in [4.69, 9.17) is 18.8 Å². The number of methoxy groups -OCH3 is 2. The smallest absolute Gasteiger partial charge is 0.465 e. The third-order valence-electron chi connectivity index (χ3n) is 12.9. The van der Waals surface area contributed by atoms with Gasteiger partial charge in [-0.3, -0.25) is 14.2 Å². The molecule has 19 heteroatoms. The number of alkyl halides is 3. The lowest BCUT2D eigenvalue weighted by Crippen LogP contribution is -2.65. The molecule has 5 aliphatic rings. The first-order valence-electron chi connectivity index (χ1n) is 19.8. The number of amides is 3. The van der Waals surface area contributed by atoms with E-state index in [0.29, 0.717) is 12.3 Å². The van der Waals surface area contributed by atoms with Crippen molar-refractivity contribution in [3.8, 4) is 0 Å². The van der Waals surface area contributed by atoms with E-state index in [1.54, 1.807) is 6.92 Å². The summed E-state index contributed by atoms with van der Waals surface area (Å²) in [7, 11) is 1.56. The van der Waals surface area contributed by atoms with Crippen molar-refractivity contribution in [2.75, 3.05) is 24.9 Å². The van der Waals surface area contributed by atoms with Gasteiger partial charge in [-0.15, -0.1) is 0 Å². The molecule has 0 radical (unpaired) electrons. The summed E-state index contributed by atoms with van der Waals surface area (Å²) in [6.45, 7) is 9.87. The summed E-state index contributed by atoms with van der Waals surface area (Å²) >= 11 is 0. The van der Waals surface area contributed by atoms with Gasteiger partial charge in [0.15, 0.2) is 0 Å². The van der Waals surface area contributed by atoms with Crippen molar-refractivity contribution in [2.45, 2.75) is 102 Å². The van der Waals surface area contributed by atoms with E-state index in [2.05, 4.69) is 47.0 Å². The van der Waals surface area contributed by atoms with Crippen molar-refractivity contribution in [1.29, 1.82) is 0 Å². The molecule has 1 aromatic heterocycles. The van der Waals surface area contributed by atoms with Crippen molar-refractivity contribution in [3.63, 3.8) is 0 Å². The summed E-state index contributed by atoms with van der Waals surface area (Å²) < 4.78 is 64.2. The number of carbonyl (C=O) groups excluding carboxylic acids is 4. The quantitative estimate of drug-likeness (QED) is 0.139. The summed E-state index contributed by atoms with van der Waals surface area (Å²) in [5.74, 6) is -1.91. The second kappa shape index (κ2) is 15.6. The number of hydrogen-bond acceptors (Lipinski definition) is 11. The number of aromatic nitrogens is 2. The van der Waals surface area contributed by atoms with Crippen LogP contribution in [0.5, 0.6) is 0 Å². The Kier molecular flexibility index (Phi) is 11.1. The number of ether oxygens (including phenoxy) is 2. The Morgan fingerprint density at radius 1 is 1.02 bits per heavy atom. The molecule has 15 nitrogen and oxygen atoms in total. The highest BCUT2D eigenvalue weighted by Gasteiger charge is 2.68. The molecule has 3 heterocycles. The van der Waals surface area contributed by atoms with Gasteiger partial charge in [0, 0.05) is 18.7 Å². The number of halogens is 3. The SMILES string of the molecule is CC[C@H](NC(=O)[C@@H]1C[C@@](C)(NC(=O)Nc2cc(C(=O)OC)cc(C(=O)OC)c2)c2ncc(NCc3cccc(C(F)(F)F)c3)c(=O)n21)B1O[C@@H]2C[C@@H]3C[C@@H](C3(C)C)[C@]2(C)O1. The van der Waals surface area contributed by atoms with Crippen LogP contribution in [0, 0.1) is 17.3 Å². The molecule has 0 spiro atoms. The fourth-order valence-corrected chi connectivity index (χ4v) is 9.53. The lowest BCUT2D eigenvalue weighted by molar-refractivity contribution is -0.199. The average Bonchev–Trinajstić information content (AvgIpc) is 3.72. The van der Waals surface area contributed by atoms with Crippen molar-refractivity contribution in [2.24, 2.45) is 17.3 Å². The molecular formula is C41H48BF3N6O9. The molecule has 3 saturated carbocycles. The van der Waals surface area contributed by atoms with Crippen molar-refractivity contribution < 1.29 is 51.1 Å². The topological polar surface area (TPSA) is 188 Å². The van der Waals surface area contributed by atoms with E-state index in [0.717, 1.165) is 39.2 Å². The molecule has 1 saturated heterocycles. The van der Waals surface area contributed by atoms with Crippen molar-refractivity contribution in [3.05, 3.63) is 87.1 Å². The van der Waals surface area contributed by atoms with Crippen LogP contribution in [0.3, 0.4) is 0 Å². The second-order valence-corrected chi connectivity index (χ2v) is 17.0. The zero-order valence-corrected chi connectivity index (χ0v) is 34.3. The van der Waals surface area contributed by atoms with Crippen LogP contribution in [0.25, 0.3) is 0 Å². The molecule has 4 N–H and O–H groups in total. The van der Waals surface area contributed by atoms with Gasteiger partial charge in [0.2, 0.25) is 5.91 Å². The molecule has 320 valence electrons. The van der Waals surface area contributed by atoms with Gasteiger partial charge in [0.25, 0.3) is 5.56 Å². The summed E-state index contributed by atoms with van der Waals surface area (Å²) in [4.78, 5) is 71.7. The molecule has 3 amide bonds. The van der Waals surface area contributed by atoms with E-state index >= 15 is 0 Å². The van der Waals surface area contributed by atoms with Gasteiger partial charge < -0.3 is 40.0 Å². The van der Waals surface area contributed by atoms with Crippen molar-refractivity contribution >= 4 is 42.4 Å². The number of anilines is 2. The molecule has 2 aliphatic heterocycles. The molecular weight excluding hydrogens is 788 g/mol. The van der Waals surface area contributed by atoms with Crippen LogP contribution in [0.4, 0.5) is 29.3 Å². The van der Waals surface area contributed by atoms with Gasteiger partial charge in [0.1, 0.15) is 17.6 Å². The summed E-state index contributed by atoms with van der Waals surface area (Å²) in [5.41, 5.74) is -3.36. The minimum absolute atomic E-state index is 0.0212. The van der Waals surface area contributed by atoms with Crippen LogP contribution < -0.4 is 26.8 Å². The number of nitrogens with zero attached hydrogens (tertiary/aromatic N) is 2. The average molecular weight is 837 g/mol. The largest absolute Gasteiger partial charge is 0.481 e. The Balaban J connectivity index is 1.16. The van der Waals surface area contributed by atoms with Gasteiger partial charge in [-0.1, -0.05) is 32.9 Å². The summed E-state index contributed by atoms with van der Waals surface area (Å²) in [6, 6.07) is 6.43. The first-order valence-corrected chi connectivity index (χ1v) is 19.8. The molecule has 8 rings (SSSR count). The van der Waals surface area contributed by atoms with Crippen LogP contribution in [0.1, 0.15) is 104 Å². The number of nitrogens with one attached hydrogen (secondary N) is 4. The van der Waals surface area contributed by atoms with Crippen molar-refractivity contribution in [1.82, 2.24) is 20.2 Å².